The molecule has 1 N–H and O–H groups in total. The summed E-state index contributed by atoms with van der Waals surface area (Å²) in [5.74, 6) is 0.0232. The number of carbonyl (C=O) groups is 2. The zero-order chi connectivity index (χ0) is 27.4. The highest BCUT2D eigenvalue weighted by Gasteiger charge is 2.33. The summed E-state index contributed by atoms with van der Waals surface area (Å²) in [5, 5.41) is 10.5. The highest BCUT2D eigenvalue weighted by Crippen LogP contribution is 2.26. The van der Waals surface area contributed by atoms with E-state index in [1.54, 1.807) is 41.6 Å². The Bertz CT molecular complexity index is 1280. The number of aromatic nitrogens is 2. The van der Waals surface area contributed by atoms with E-state index in [1.807, 2.05) is 6.07 Å². The molecule has 0 saturated carbocycles. The van der Waals surface area contributed by atoms with E-state index in [1.165, 1.54) is 24.3 Å². The van der Waals surface area contributed by atoms with Crippen LogP contribution in [-0.4, -0.2) is 65.6 Å². The van der Waals surface area contributed by atoms with E-state index in [4.69, 9.17) is 4.74 Å². The third kappa shape index (κ3) is 6.95. The molecule has 12 heteroatoms. The normalized spacial score (nSPS) is 17.5. The fourth-order valence-corrected chi connectivity index (χ4v) is 4.53. The van der Waals surface area contributed by atoms with Crippen molar-refractivity contribution in [1.82, 2.24) is 15.1 Å². The van der Waals surface area contributed by atoms with Gasteiger partial charge in [0.15, 0.2) is 0 Å². The van der Waals surface area contributed by atoms with Gasteiger partial charge in [0, 0.05) is 31.7 Å². The topological polar surface area (TPSA) is 96.9 Å². The number of carbonyl (C=O) groups excluding carboxylic acids is 2. The number of ether oxygens (including phenoxy) is 2. The number of nitrogens with one attached hydrogen (secondary N) is 1. The molecule has 2 amide bonds. The van der Waals surface area contributed by atoms with Gasteiger partial charge in [0.2, 0.25) is 11.8 Å². The largest absolute Gasteiger partial charge is 0.573 e. The zero-order valence-electron chi connectivity index (χ0n) is 20.8. The number of hydrogen-bond acceptors (Lipinski definition) is 7. The third-order valence-electron chi connectivity index (χ3n) is 6.62. The molecule has 2 fully saturated rings. The fraction of sp³-hybridized carbons (Fsp3) is 0.333. The van der Waals surface area contributed by atoms with Crippen LogP contribution in [0.2, 0.25) is 0 Å². The third-order valence-corrected chi connectivity index (χ3v) is 6.62. The lowest BCUT2D eigenvalue weighted by molar-refractivity contribution is -0.274. The molecule has 3 heterocycles. The molecule has 1 aromatic heterocycles. The molecule has 2 aromatic carbocycles. The number of anilines is 2. The van der Waals surface area contributed by atoms with Gasteiger partial charge in [-0.25, -0.2) is 0 Å². The van der Waals surface area contributed by atoms with Crippen LogP contribution in [0.3, 0.4) is 0 Å². The van der Waals surface area contributed by atoms with Gasteiger partial charge in [-0.3, -0.25) is 9.59 Å². The van der Waals surface area contributed by atoms with E-state index in [0.717, 1.165) is 5.69 Å². The van der Waals surface area contributed by atoms with E-state index in [0.29, 0.717) is 49.6 Å². The van der Waals surface area contributed by atoms with Crippen LogP contribution in [0.1, 0.15) is 12.0 Å². The molecule has 3 aromatic rings. The summed E-state index contributed by atoms with van der Waals surface area (Å²) in [6, 6.07) is 14.3. The van der Waals surface area contributed by atoms with Gasteiger partial charge in [-0.15, -0.1) is 13.2 Å². The Balaban J connectivity index is 1.05. The molecule has 0 unspecified atom stereocenters. The Morgan fingerprint density at radius 2 is 1.67 bits per heavy atom. The molecule has 2 saturated heterocycles. The van der Waals surface area contributed by atoms with Crippen LogP contribution in [0.5, 0.6) is 11.5 Å². The first kappa shape index (κ1) is 26.3. The second kappa shape index (κ2) is 11.2. The van der Waals surface area contributed by atoms with E-state index < -0.39 is 6.36 Å². The van der Waals surface area contributed by atoms with Gasteiger partial charge in [-0.1, -0.05) is 12.1 Å². The maximum absolute atomic E-state index is 12.7. The number of rotatable bonds is 8. The maximum atomic E-state index is 12.7. The second-order valence-electron chi connectivity index (χ2n) is 9.45. The monoisotopic (exact) mass is 541 g/mol. The standard InChI is InChI=1S/C27H26F3N5O4/c28-27(29,30)39-23-5-1-18(2-6-23)13-25(36)34-12-10-24(17-34)38-22-7-3-20(4-8-22)33-26(37)19-15-35(16-19)21-9-11-31-32-14-21/h1-9,11,14,19,24H,10,12-13,15-17H2,(H,33,37)/t24-/m1/s1. The van der Waals surface area contributed by atoms with Crippen molar-refractivity contribution in [1.29, 1.82) is 0 Å². The first-order chi connectivity index (χ1) is 18.7. The van der Waals surface area contributed by atoms with Crippen LogP contribution >= 0.6 is 0 Å². The number of nitrogens with zero attached hydrogens (tertiary/aromatic N) is 4. The van der Waals surface area contributed by atoms with Crippen LogP contribution in [0.25, 0.3) is 0 Å². The van der Waals surface area contributed by atoms with Gasteiger partial charge >= 0.3 is 6.36 Å². The number of amides is 2. The number of alkyl halides is 3. The van der Waals surface area contributed by atoms with Crippen molar-refractivity contribution in [2.45, 2.75) is 25.3 Å². The minimum atomic E-state index is -4.76. The average molecular weight is 542 g/mol. The van der Waals surface area contributed by atoms with E-state index in [-0.39, 0.29) is 36.0 Å². The lowest BCUT2D eigenvalue weighted by Gasteiger charge is -2.39. The lowest BCUT2D eigenvalue weighted by Crippen LogP contribution is -2.52. The molecule has 0 bridgehead atoms. The maximum Gasteiger partial charge on any atom is 0.573 e. The van der Waals surface area contributed by atoms with Gasteiger partial charge in [0.1, 0.15) is 17.6 Å². The van der Waals surface area contributed by atoms with Crippen LogP contribution in [0.4, 0.5) is 24.5 Å². The van der Waals surface area contributed by atoms with E-state index >= 15 is 0 Å². The molecular formula is C27H26F3N5O4. The van der Waals surface area contributed by atoms with Gasteiger partial charge in [0.05, 0.1) is 37.0 Å². The summed E-state index contributed by atoms with van der Waals surface area (Å²) >= 11 is 0. The lowest BCUT2D eigenvalue weighted by atomic mass is 9.98. The Labute approximate surface area is 222 Å². The summed E-state index contributed by atoms with van der Waals surface area (Å²) in [6.07, 6.45) is -0.907. The predicted octanol–water partition coefficient (Wildman–Crippen LogP) is 3.67. The SMILES string of the molecule is O=C(Nc1ccc(O[C@@H]2CCN(C(=O)Cc3ccc(OC(F)(F)F)cc3)C2)cc1)C1CN(c2ccnnc2)C1. The van der Waals surface area contributed by atoms with E-state index in [9.17, 15) is 22.8 Å². The average Bonchev–Trinajstić information content (AvgIpc) is 3.34. The van der Waals surface area contributed by atoms with Crippen LogP contribution in [-0.2, 0) is 16.0 Å². The molecular weight excluding hydrogens is 515 g/mol. The van der Waals surface area contributed by atoms with Gasteiger partial charge in [0.25, 0.3) is 0 Å². The van der Waals surface area contributed by atoms with Crippen LogP contribution in [0.15, 0.2) is 67.0 Å². The second-order valence-corrected chi connectivity index (χ2v) is 9.45. The quantitative estimate of drug-likeness (QED) is 0.465. The van der Waals surface area contributed by atoms with Crippen molar-refractivity contribution >= 4 is 23.2 Å². The summed E-state index contributed by atoms with van der Waals surface area (Å²) in [6.45, 7) is 2.18. The molecule has 0 radical (unpaired) electrons. The van der Waals surface area contributed by atoms with Crippen molar-refractivity contribution < 1.29 is 32.2 Å². The predicted molar refractivity (Wildman–Crippen MR) is 135 cm³/mol. The zero-order valence-corrected chi connectivity index (χ0v) is 20.8. The first-order valence-corrected chi connectivity index (χ1v) is 12.4. The molecule has 9 nitrogen and oxygen atoms in total. The molecule has 1 atom stereocenters. The summed E-state index contributed by atoms with van der Waals surface area (Å²) in [4.78, 5) is 29.0. The van der Waals surface area contributed by atoms with Gasteiger partial charge in [-0.05, 0) is 48.0 Å². The highest BCUT2D eigenvalue weighted by molar-refractivity contribution is 5.94. The van der Waals surface area contributed by atoms with Gasteiger partial charge in [-0.2, -0.15) is 10.2 Å². The molecule has 0 spiro atoms. The van der Waals surface area contributed by atoms with Crippen molar-refractivity contribution in [3.8, 4) is 11.5 Å². The molecule has 2 aliphatic heterocycles. The summed E-state index contributed by atoms with van der Waals surface area (Å²) in [5.41, 5.74) is 2.21. The number of likely N-dealkylation sites (tertiary alicyclic amines) is 1. The van der Waals surface area contributed by atoms with Gasteiger partial charge < -0.3 is 24.6 Å². The molecule has 39 heavy (non-hydrogen) atoms. The fourth-order valence-electron chi connectivity index (χ4n) is 4.53. The molecule has 0 aliphatic carbocycles. The number of benzene rings is 2. The summed E-state index contributed by atoms with van der Waals surface area (Å²) in [7, 11) is 0. The molecule has 2 aliphatic rings. The van der Waals surface area contributed by atoms with Crippen molar-refractivity contribution in [3.05, 3.63) is 72.6 Å². The number of halogens is 3. The van der Waals surface area contributed by atoms with Crippen molar-refractivity contribution in [2.24, 2.45) is 5.92 Å². The Hall–Kier alpha value is -4.35. The van der Waals surface area contributed by atoms with Crippen molar-refractivity contribution in [3.63, 3.8) is 0 Å². The highest BCUT2D eigenvalue weighted by atomic mass is 19.4. The number of hydrogen-bond donors (Lipinski definition) is 1. The molecule has 204 valence electrons. The Kier molecular flexibility index (Phi) is 7.53. The first-order valence-electron chi connectivity index (χ1n) is 12.4. The van der Waals surface area contributed by atoms with E-state index in [2.05, 4.69) is 25.2 Å². The minimum absolute atomic E-state index is 0.0469. The van der Waals surface area contributed by atoms with Crippen LogP contribution in [0, 0.1) is 5.92 Å². The van der Waals surface area contributed by atoms with Crippen molar-refractivity contribution in [2.75, 3.05) is 36.4 Å². The Morgan fingerprint density at radius 1 is 0.949 bits per heavy atom. The summed E-state index contributed by atoms with van der Waals surface area (Å²) < 4.78 is 46.8. The minimum Gasteiger partial charge on any atom is -0.489 e. The smallest absolute Gasteiger partial charge is 0.489 e. The molecule has 5 rings (SSSR count). The van der Waals surface area contributed by atoms with Crippen LogP contribution < -0.4 is 19.7 Å². The Morgan fingerprint density at radius 3 is 2.33 bits per heavy atom.